The highest BCUT2D eigenvalue weighted by molar-refractivity contribution is 6.29. The molecule has 7 unspecified atom stereocenters. The standard InChI is InChI=1S/C29H30N4O11/c34-8-10(36)7-30-33-27(42)18-16-11-3-1-5-13(37)20(11)31-21(16)23-17(19(18)28(33)43)12-4-2-6-14(38)22(12)32(23)29-26(41)25(40)24(39)15(9-35)44-29/h1-2,4-6,10,15,22,24-26,29-31,34-36,39-43H,3,7-9H2. The van der Waals surface area contributed by atoms with Crippen molar-refractivity contribution in [3.8, 4) is 11.8 Å². The van der Waals surface area contributed by atoms with E-state index in [0.29, 0.717) is 16.5 Å². The van der Waals surface area contributed by atoms with Crippen molar-refractivity contribution in [3.63, 3.8) is 0 Å². The van der Waals surface area contributed by atoms with Gasteiger partial charge in [-0.3, -0.25) is 9.59 Å². The fourth-order valence-electron chi connectivity index (χ4n) is 6.79. The summed E-state index contributed by atoms with van der Waals surface area (Å²) in [6.07, 6.45) is -1.51. The predicted molar refractivity (Wildman–Crippen MR) is 154 cm³/mol. The number of rotatable bonds is 6. The molecule has 7 rings (SSSR count). The number of hydrogen-bond donors (Lipinski definition) is 10. The van der Waals surface area contributed by atoms with E-state index in [9.17, 15) is 50.4 Å². The SMILES string of the molecule is O=C1C=CCc2c1[nH]c1c3c(c4c(O)n(NCC(O)CO)c(O)c4c21)C1=CC=CC(=O)C1N3C1OC(CO)C(O)C(O)C1O. The zero-order valence-electron chi connectivity index (χ0n) is 23.0. The van der Waals surface area contributed by atoms with Gasteiger partial charge in [0.1, 0.15) is 30.5 Å². The van der Waals surface area contributed by atoms with Crippen molar-refractivity contribution >= 4 is 44.5 Å². The Morgan fingerprint density at radius 2 is 1.77 bits per heavy atom. The first kappa shape index (κ1) is 28.5. The molecule has 1 fully saturated rings. The highest BCUT2D eigenvalue weighted by Gasteiger charge is 2.53. The minimum atomic E-state index is -1.77. The lowest BCUT2D eigenvalue weighted by Gasteiger charge is -2.46. The first-order valence-corrected chi connectivity index (χ1v) is 14.0. The van der Waals surface area contributed by atoms with Crippen LogP contribution in [0.1, 0.15) is 21.6 Å². The molecule has 15 nitrogen and oxygen atoms in total. The van der Waals surface area contributed by atoms with Crippen molar-refractivity contribution in [2.24, 2.45) is 0 Å². The van der Waals surface area contributed by atoms with Crippen LogP contribution in [-0.2, 0) is 16.0 Å². The summed E-state index contributed by atoms with van der Waals surface area (Å²) in [6, 6.07) is -1.17. The number of ketones is 2. The molecule has 0 bridgehead atoms. The number of nitrogens with one attached hydrogen (secondary N) is 2. The van der Waals surface area contributed by atoms with Crippen molar-refractivity contribution < 1.29 is 55.2 Å². The van der Waals surface area contributed by atoms with Crippen LogP contribution in [0.3, 0.4) is 0 Å². The van der Waals surface area contributed by atoms with Crippen molar-refractivity contribution in [1.29, 1.82) is 0 Å². The second-order valence-corrected chi connectivity index (χ2v) is 11.3. The topological polar surface area (TPSA) is 241 Å². The van der Waals surface area contributed by atoms with Gasteiger partial charge < -0.3 is 60.9 Å². The molecule has 0 radical (unpaired) electrons. The fraction of sp³-hybridized carbons (Fsp3) is 0.379. The number of benzene rings is 1. The molecule has 2 aromatic heterocycles. The number of ether oxygens (including phenoxy) is 1. The lowest BCUT2D eigenvalue weighted by atomic mass is 9.90. The Hall–Kier alpha value is -4.22. The molecule has 4 aliphatic rings. The number of aromatic amines is 1. The van der Waals surface area contributed by atoms with Crippen LogP contribution in [0.15, 0.2) is 30.4 Å². The maximum absolute atomic E-state index is 13.6. The number of anilines is 1. The van der Waals surface area contributed by atoms with Gasteiger partial charge in [0, 0.05) is 10.9 Å². The number of fused-ring (bicyclic) bond motifs is 10. The fourth-order valence-corrected chi connectivity index (χ4v) is 6.79. The van der Waals surface area contributed by atoms with E-state index in [2.05, 4.69) is 10.4 Å². The van der Waals surface area contributed by atoms with E-state index in [4.69, 9.17) is 4.74 Å². The molecule has 0 amide bonds. The van der Waals surface area contributed by atoms with Crippen molar-refractivity contribution in [1.82, 2.24) is 9.66 Å². The van der Waals surface area contributed by atoms with Gasteiger partial charge in [-0.2, -0.15) is 4.68 Å². The Morgan fingerprint density at radius 3 is 2.50 bits per heavy atom. The Bertz CT molecular complexity index is 1820. The van der Waals surface area contributed by atoms with E-state index in [1.165, 1.54) is 23.1 Å². The highest BCUT2D eigenvalue weighted by atomic mass is 16.6. The molecule has 1 aromatic carbocycles. The summed E-state index contributed by atoms with van der Waals surface area (Å²) >= 11 is 0. The minimum Gasteiger partial charge on any atom is -0.493 e. The van der Waals surface area contributed by atoms with E-state index in [-0.39, 0.29) is 52.0 Å². The van der Waals surface area contributed by atoms with Gasteiger partial charge in [0.15, 0.2) is 12.0 Å². The maximum atomic E-state index is 13.6. The van der Waals surface area contributed by atoms with Gasteiger partial charge in [-0.05, 0) is 29.7 Å². The first-order chi connectivity index (χ1) is 21.1. The number of carbonyl (C=O) groups is 2. The third kappa shape index (κ3) is 3.75. The molecule has 10 N–H and O–H groups in total. The number of aromatic nitrogens is 2. The van der Waals surface area contributed by atoms with E-state index in [1.54, 1.807) is 12.2 Å². The third-order valence-electron chi connectivity index (χ3n) is 8.80. The van der Waals surface area contributed by atoms with E-state index >= 15 is 0 Å². The molecule has 0 saturated carbocycles. The van der Waals surface area contributed by atoms with Gasteiger partial charge >= 0.3 is 0 Å². The molecule has 2 aliphatic carbocycles. The van der Waals surface area contributed by atoms with Crippen LogP contribution in [0.25, 0.3) is 27.2 Å². The maximum Gasteiger partial charge on any atom is 0.222 e. The normalized spacial score (nSPS) is 28.4. The average Bonchev–Trinajstić information content (AvgIpc) is 3.64. The zero-order chi connectivity index (χ0) is 31.2. The lowest BCUT2D eigenvalue weighted by molar-refractivity contribution is -0.229. The second-order valence-electron chi connectivity index (χ2n) is 11.3. The van der Waals surface area contributed by atoms with Crippen LogP contribution in [0.5, 0.6) is 11.8 Å². The van der Waals surface area contributed by atoms with Gasteiger partial charge in [0.25, 0.3) is 0 Å². The molecular weight excluding hydrogens is 580 g/mol. The van der Waals surface area contributed by atoms with Crippen LogP contribution >= 0.6 is 0 Å². The Labute approximate surface area is 247 Å². The van der Waals surface area contributed by atoms with Gasteiger partial charge in [0.05, 0.1) is 53.5 Å². The summed E-state index contributed by atoms with van der Waals surface area (Å²) in [5.74, 6) is -1.78. The molecule has 4 heterocycles. The Kier molecular flexibility index (Phi) is 6.60. The highest BCUT2D eigenvalue weighted by Crippen LogP contribution is 2.57. The molecule has 2 aliphatic heterocycles. The van der Waals surface area contributed by atoms with Crippen molar-refractivity contribution in [2.45, 2.75) is 49.2 Å². The van der Waals surface area contributed by atoms with Crippen LogP contribution < -0.4 is 10.3 Å². The Morgan fingerprint density at radius 1 is 1.02 bits per heavy atom. The third-order valence-corrected chi connectivity index (χ3v) is 8.80. The monoisotopic (exact) mass is 610 g/mol. The number of H-pyrrole nitrogens is 1. The summed E-state index contributed by atoms with van der Waals surface area (Å²) in [5.41, 5.74) is 4.45. The van der Waals surface area contributed by atoms with Crippen LogP contribution in [0.4, 0.5) is 5.69 Å². The first-order valence-electron chi connectivity index (χ1n) is 14.0. The summed E-state index contributed by atoms with van der Waals surface area (Å²) in [5, 5.41) is 85.1. The molecule has 1 saturated heterocycles. The van der Waals surface area contributed by atoms with E-state index in [0.717, 1.165) is 4.68 Å². The van der Waals surface area contributed by atoms with Gasteiger partial charge in [-0.1, -0.05) is 18.2 Å². The number of allylic oxidation sites excluding steroid dienone is 4. The smallest absolute Gasteiger partial charge is 0.222 e. The van der Waals surface area contributed by atoms with Gasteiger partial charge in [-0.25, -0.2) is 0 Å². The zero-order valence-corrected chi connectivity index (χ0v) is 23.0. The Balaban J connectivity index is 1.58. The van der Waals surface area contributed by atoms with Gasteiger partial charge in [-0.15, -0.1) is 0 Å². The van der Waals surface area contributed by atoms with Crippen LogP contribution in [-0.4, -0.2) is 125 Å². The molecule has 232 valence electrons. The number of aliphatic hydroxyl groups is 6. The molecule has 7 atom stereocenters. The van der Waals surface area contributed by atoms with Crippen LogP contribution in [0.2, 0.25) is 0 Å². The average molecular weight is 611 g/mol. The molecule has 3 aromatic rings. The lowest BCUT2D eigenvalue weighted by Crippen LogP contribution is -2.65. The van der Waals surface area contributed by atoms with Crippen LogP contribution in [0, 0.1) is 0 Å². The number of nitrogens with zero attached hydrogens (tertiary/aromatic N) is 2. The number of aromatic hydroxyl groups is 2. The second kappa shape index (κ2) is 10.2. The summed E-state index contributed by atoms with van der Waals surface area (Å²) in [6.45, 7) is -1.57. The van der Waals surface area contributed by atoms with E-state index in [1.807, 2.05) is 0 Å². The van der Waals surface area contributed by atoms with Crippen molar-refractivity contribution in [2.75, 3.05) is 30.1 Å². The number of carbonyl (C=O) groups excluding carboxylic acids is 2. The number of aliphatic hydroxyl groups excluding tert-OH is 6. The summed E-state index contributed by atoms with van der Waals surface area (Å²) in [4.78, 5) is 31.1. The summed E-state index contributed by atoms with van der Waals surface area (Å²) in [7, 11) is 0. The number of hydrogen-bond acceptors (Lipinski definition) is 13. The summed E-state index contributed by atoms with van der Waals surface area (Å²) < 4.78 is 6.85. The molecule has 44 heavy (non-hydrogen) atoms. The molecule has 15 heteroatoms. The van der Waals surface area contributed by atoms with E-state index < -0.39 is 73.5 Å². The minimum absolute atomic E-state index is 0.0752. The quantitative estimate of drug-likeness (QED) is 0.149. The van der Waals surface area contributed by atoms with Crippen molar-refractivity contribution in [3.05, 3.63) is 47.2 Å². The molecule has 0 spiro atoms. The molecular formula is C29H30N4O11. The largest absolute Gasteiger partial charge is 0.493 e. The predicted octanol–water partition coefficient (Wildman–Crippen LogP) is -1.76. The van der Waals surface area contributed by atoms with Gasteiger partial charge in [0.2, 0.25) is 17.5 Å².